The minimum absolute atomic E-state index is 0.463. The van der Waals surface area contributed by atoms with Gasteiger partial charge in [-0.05, 0) is 44.6 Å². The van der Waals surface area contributed by atoms with Crippen molar-refractivity contribution in [2.45, 2.75) is 51.5 Å². The third kappa shape index (κ3) is 2.15. The molecule has 2 bridgehead atoms. The monoisotopic (exact) mass is 250 g/mol. The van der Waals surface area contributed by atoms with Crippen LogP contribution in [0, 0.1) is 11.8 Å². The quantitative estimate of drug-likeness (QED) is 0.881. The number of nitrogens with one attached hydrogen (secondary N) is 1. The standard InChI is InChI=1S/C14H22N2S/c1-3-15-9(2)13-8-16-14(17-13)12-7-10-4-5-11(12)6-10/h8-12,15H,3-7H2,1-2H3. The van der Waals surface area contributed by atoms with Gasteiger partial charge >= 0.3 is 0 Å². The number of fused-ring (bicyclic) bond motifs is 2. The van der Waals surface area contributed by atoms with E-state index < -0.39 is 0 Å². The van der Waals surface area contributed by atoms with Gasteiger partial charge in [0, 0.05) is 23.0 Å². The zero-order valence-corrected chi connectivity index (χ0v) is 11.6. The van der Waals surface area contributed by atoms with Crippen molar-refractivity contribution >= 4 is 11.3 Å². The summed E-state index contributed by atoms with van der Waals surface area (Å²) in [7, 11) is 0. The second kappa shape index (κ2) is 4.69. The van der Waals surface area contributed by atoms with Crippen LogP contribution in [0.2, 0.25) is 0 Å². The lowest BCUT2D eigenvalue weighted by molar-refractivity contribution is 0.419. The molecule has 94 valence electrons. The van der Waals surface area contributed by atoms with Crippen molar-refractivity contribution < 1.29 is 0 Å². The molecule has 0 amide bonds. The minimum atomic E-state index is 0.463. The van der Waals surface area contributed by atoms with E-state index >= 15 is 0 Å². The van der Waals surface area contributed by atoms with Crippen LogP contribution >= 0.6 is 11.3 Å². The number of hydrogen-bond donors (Lipinski definition) is 1. The van der Waals surface area contributed by atoms with Gasteiger partial charge in [0.2, 0.25) is 0 Å². The third-order valence-electron chi connectivity index (χ3n) is 4.53. The van der Waals surface area contributed by atoms with Gasteiger partial charge in [-0.3, -0.25) is 0 Å². The van der Waals surface area contributed by atoms with Crippen molar-refractivity contribution in [3.63, 3.8) is 0 Å². The van der Waals surface area contributed by atoms with Crippen LogP contribution in [-0.4, -0.2) is 11.5 Å². The summed E-state index contributed by atoms with van der Waals surface area (Å²) in [5.41, 5.74) is 0. The fraction of sp³-hybridized carbons (Fsp3) is 0.786. The molecule has 3 heteroatoms. The first kappa shape index (κ1) is 11.7. The predicted octanol–water partition coefficient (Wildman–Crippen LogP) is 3.72. The maximum Gasteiger partial charge on any atom is 0.0962 e. The van der Waals surface area contributed by atoms with E-state index in [4.69, 9.17) is 4.98 Å². The molecule has 2 nitrogen and oxygen atoms in total. The summed E-state index contributed by atoms with van der Waals surface area (Å²) in [5, 5.41) is 4.88. The van der Waals surface area contributed by atoms with Crippen LogP contribution in [0.25, 0.3) is 0 Å². The van der Waals surface area contributed by atoms with Crippen LogP contribution in [0.5, 0.6) is 0 Å². The molecule has 1 N–H and O–H groups in total. The van der Waals surface area contributed by atoms with Gasteiger partial charge in [0.05, 0.1) is 5.01 Å². The smallest absolute Gasteiger partial charge is 0.0962 e. The highest BCUT2D eigenvalue weighted by Gasteiger charge is 2.41. The highest BCUT2D eigenvalue weighted by Crippen LogP contribution is 2.53. The SMILES string of the molecule is CCNC(C)c1cnc(C2CC3CCC2C3)s1. The number of hydrogen-bond acceptors (Lipinski definition) is 3. The molecule has 3 rings (SSSR count). The van der Waals surface area contributed by atoms with Crippen molar-refractivity contribution in [2.75, 3.05) is 6.54 Å². The Labute approximate surface area is 108 Å². The van der Waals surface area contributed by atoms with Crippen LogP contribution in [-0.2, 0) is 0 Å². The molecule has 0 aliphatic heterocycles. The van der Waals surface area contributed by atoms with Gasteiger partial charge in [-0.2, -0.15) is 0 Å². The first-order valence-corrected chi connectivity index (χ1v) is 7.78. The lowest BCUT2D eigenvalue weighted by Gasteiger charge is -2.19. The number of aromatic nitrogens is 1. The third-order valence-corrected chi connectivity index (χ3v) is 5.85. The molecule has 0 aromatic carbocycles. The Morgan fingerprint density at radius 1 is 1.47 bits per heavy atom. The van der Waals surface area contributed by atoms with Crippen LogP contribution in [0.1, 0.15) is 61.4 Å². The second-order valence-electron chi connectivity index (χ2n) is 5.66. The van der Waals surface area contributed by atoms with Crippen molar-refractivity contribution in [3.8, 4) is 0 Å². The van der Waals surface area contributed by atoms with Gasteiger partial charge in [0.15, 0.2) is 0 Å². The van der Waals surface area contributed by atoms with Gasteiger partial charge in [-0.1, -0.05) is 13.3 Å². The molecule has 0 saturated heterocycles. The number of thiazole rings is 1. The average molecular weight is 250 g/mol. The summed E-state index contributed by atoms with van der Waals surface area (Å²) in [6.07, 6.45) is 7.91. The Bertz CT molecular complexity index is 387. The second-order valence-corrected chi connectivity index (χ2v) is 6.76. The molecule has 2 aliphatic carbocycles. The molecule has 0 spiro atoms. The molecular formula is C14H22N2S. The number of nitrogens with zero attached hydrogens (tertiary/aromatic N) is 1. The fourth-order valence-electron chi connectivity index (χ4n) is 3.63. The van der Waals surface area contributed by atoms with Crippen LogP contribution in [0.15, 0.2) is 6.20 Å². The highest BCUT2D eigenvalue weighted by atomic mass is 32.1. The number of rotatable bonds is 4. The van der Waals surface area contributed by atoms with Crippen molar-refractivity contribution in [2.24, 2.45) is 11.8 Å². The maximum atomic E-state index is 4.70. The molecule has 1 aromatic rings. The molecule has 0 radical (unpaired) electrons. The lowest BCUT2D eigenvalue weighted by Crippen LogP contribution is -2.16. The van der Waals surface area contributed by atoms with Gasteiger partial charge < -0.3 is 5.32 Å². The maximum absolute atomic E-state index is 4.70. The van der Waals surface area contributed by atoms with Crippen molar-refractivity contribution in [1.29, 1.82) is 0 Å². The largest absolute Gasteiger partial charge is 0.310 e. The summed E-state index contributed by atoms with van der Waals surface area (Å²) in [6.45, 7) is 5.43. The van der Waals surface area contributed by atoms with Gasteiger partial charge in [-0.25, -0.2) is 4.98 Å². The van der Waals surface area contributed by atoms with Gasteiger partial charge in [0.25, 0.3) is 0 Å². The van der Waals surface area contributed by atoms with E-state index in [-0.39, 0.29) is 0 Å². The van der Waals surface area contributed by atoms with Crippen molar-refractivity contribution in [1.82, 2.24) is 10.3 Å². The Kier molecular flexibility index (Phi) is 3.22. The van der Waals surface area contributed by atoms with E-state index in [0.29, 0.717) is 6.04 Å². The normalized spacial score (nSPS) is 33.2. The fourth-order valence-corrected chi connectivity index (χ4v) is 4.78. The Balaban J connectivity index is 1.72. The summed E-state index contributed by atoms with van der Waals surface area (Å²) in [6, 6.07) is 0.463. The first-order valence-electron chi connectivity index (χ1n) is 6.97. The highest BCUT2D eigenvalue weighted by molar-refractivity contribution is 7.11. The Hall–Kier alpha value is -0.410. The Morgan fingerprint density at radius 3 is 3.00 bits per heavy atom. The molecule has 1 aromatic heterocycles. The summed E-state index contributed by atoms with van der Waals surface area (Å²) in [5.74, 6) is 2.76. The lowest BCUT2D eigenvalue weighted by atomic mass is 9.89. The topological polar surface area (TPSA) is 24.9 Å². The van der Waals surface area contributed by atoms with Crippen LogP contribution in [0.3, 0.4) is 0 Å². The molecule has 4 unspecified atom stereocenters. The van der Waals surface area contributed by atoms with E-state index in [1.807, 2.05) is 11.3 Å². The van der Waals surface area contributed by atoms with Crippen molar-refractivity contribution in [3.05, 3.63) is 16.1 Å². The van der Waals surface area contributed by atoms with Crippen LogP contribution < -0.4 is 5.32 Å². The van der Waals surface area contributed by atoms with E-state index in [9.17, 15) is 0 Å². The molecule has 2 saturated carbocycles. The summed E-state index contributed by atoms with van der Waals surface area (Å²) >= 11 is 1.94. The summed E-state index contributed by atoms with van der Waals surface area (Å²) in [4.78, 5) is 6.11. The first-order chi connectivity index (χ1) is 8.28. The zero-order chi connectivity index (χ0) is 11.8. The molecule has 2 fully saturated rings. The summed E-state index contributed by atoms with van der Waals surface area (Å²) < 4.78 is 0. The zero-order valence-electron chi connectivity index (χ0n) is 10.8. The van der Waals surface area contributed by atoms with E-state index in [0.717, 1.165) is 24.3 Å². The van der Waals surface area contributed by atoms with Crippen LogP contribution in [0.4, 0.5) is 0 Å². The molecule has 17 heavy (non-hydrogen) atoms. The molecule has 1 heterocycles. The van der Waals surface area contributed by atoms with Gasteiger partial charge in [-0.15, -0.1) is 11.3 Å². The molecule has 2 aliphatic rings. The molecular weight excluding hydrogens is 228 g/mol. The average Bonchev–Trinajstić information content (AvgIpc) is 3.05. The predicted molar refractivity (Wildman–Crippen MR) is 72.4 cm³/mol. The molecule has 4 atom stereocenters. The van der Waals surface area contributed by atoms with Gasteiger partial charge in [0.1, 0.15) is 0 Å². The van der Waals surface area contributed by atoms with E-state index in [2.05, 4.69) is 25.4 Å². The van der Waals surface area contributed by atoms with E-state index in [1.165, 1.54) is 35.6 Å². The minimum Gasteiger partial charge on any atom is -0.310 e. The van der Waals surface area contributed by atoms with E-state index in [1.54, 1.807) is 0 Å². The Morgan fingerprint density at radius 2 is 2.35 bits per heavy atom.